The average molecular weight is 511 g/mol. The number of anilines is 1. The Morgan fingerprint density at radius 2 is 2.24 bits per heavy atom. The van der Waals surface area contributed by atoms with Crippen LogP contribution in [0.15, 0.2) is 21.8 Å². The first-order chi connectivity index (χ1) is 16.2. The van der Waals surface area contributed by atoms with Crippen LogP contribution in [0.2, 0.25) is 0 Å². The number of likely N-dealkylation sites (tertiary alicyclic amines) is 1. The quantitative estimate of drug-likeness (QED) is 0.206. The van der Waals surface area contributed by atoms with Crippen LogP contribution in [0.5, 0.6) is 0 Å². The van der Waals surface area contributed by atoms with Gasteiger partial charge in [-0.25, -0.2) is 9.78 Å². The van der Waals surface area contributed by atoms with Crippen molar-refractivity contribution >= 4 is 51.7 Å². The van der Waals surface area contributed by atoms with Crippen LogP contribution >= 0.6 is 23.1 Å². The number of aromatic nitrogens is 1. The molecule has 184 valence electrons. The SMILES string of the molecule is CO/N=C(\C(=O)NC1C(=O)N2C(C(=O)O)=C(CN3CCCC3C(C)O)CS[C@@H]12)c1csc(N)n1. The molecule has 3 aliphatic rings. The molecular weight excluding hydrogens is 484 g/mol. The van der Waals surface area contributed by atoms with E-state index in [-0.39, 0.29) is 28.3 Å². The molecule has 1 aromatic rings. The third-order valence-corrected chi connectivity index (χ3v) is 8.08. The average Bonchev–Trinajstić information content (AvgIpc) is 3.44. The van der Waals surface area contributed by atoms with Gasteiger partial charge in [-0.2, -0.15) is 0 Å². The zero-order valence-corrected chi connectivity index (χ0v) is 20.3. The lowest BCUT2D eigenvalue weighted by Gasteiger charge is -2.49. The van der Waals surface area contributed by atoms with Crippen molar-refractivity contribution in [1.29, 1.82) is 0 Å². The van der Waals surface area contributed by atoms with Gasteiger partial charge in [-0.15, -0.1) is 23.1 Å². The number of hydrogen-bond donors (Lipinski definition) is 4. The minimum absolute atomic E-state index is 0.0392. The molecule has 1 aromatic heterocycles. The molecule has 4 rings (SSSR count). The molecule has 0 saturated carbocycles. The van der Waals surface area contributed by atoms with Gasteiger partial charge in [-0.1, -0.05) is 5.16 Å². The number of nitrogens with one attached hydrogen (secondary N) is 1. The van der Waals surface area contributed by atoms with Crippen molar-refractivity contribution in [2.75, 3.05) is 31.7 Å². The number of nitrogens with zero attached hydrogens (tertiary/aromatic N) is 4. The lowest BCUT2D eigenvalue weighted by molar-refractivity contribution is -0.150. The van der Waals surface area contributed by atoms with Gasteiger partial charge < -0.3 is 26.1 Å². The Morgan fingerprint density at radius 3 is 2.85 bits per heavy atom. The highest BCUT2D eigenvalue weighted by Gasteiger charge is 2.54. The monoisotopic (exact) mass is 510 g/mol. The predicted octanol–water partition coefficient (Wildman–Crippen LogP) is -0.340. The van der Waals surface area contributed by atoms with Crippen LogP contribution in [0.1, 0.15) is 25.5 Å². The van der Waals surface area contributed by atoms with Crippen LogP contribution in [0.4, 0.5) is 5.13 Å². The topological polar surface area (TPSA) is 171 Å². The lowest BCUT2D eigenvalue weighted by Crippen LogP contribution is -2.71. The van der Waals surface area contributed by atoms with Crippen LogP contribution < -0.4 is 11.1 Å². The fourth-order valence-electron chi connectivity index (χ4n) is 4.55. The molecule has 0 aliphatic carbocycles. The third-order valence-electron chi connectivity index (χ3n) is 6.06. The first-order valence-electron chi connectivity index (χ1n) is 10.7. The molecule has 4 atom stereocenters. The van der Waals surface area contributed by atoms with Gasteiger partial charge in [0.05, 0.1) is 6.10 Å². The Labute approximate surface area is 203 Å². The van der Waals surface area contributed by atoms with Gasteiger partial charge in [0.2, 0.25) is 0 Å². The summed E-state index contributed by atoms with van der Waals surface area (Å²) in [5.74, 6) is -1.98. The van der Waals surface area contributed by atoms with E-state index in [1.165, 1.54) is 23.8 Å². The van der Waals surface area contributed by atoms with Gasteiger partial charge in [0.25, 0.3) is 11.8 Å². The maximum Gasteiger partial charge on any atom is 0.352 e. The number of nitrogens with two attached hydrogens (primary N) is 1. The van der Waals surface area contributed by atoms with Crippen molar-refractivity contribution in [2.45, 2.75) is 43.3 Å². The zero-order chi connectivity index (χ0) is 24.6. The summed E-state index contributed by atoms with van der Waals surface area (Å²) in [6.07, 6.45) is 1.24. The largest absolute Gasteiger partial charge is 0.477 e. The number of β-lactam (4-membered cyclic amide) rings is 1. The maximum atomic E-state index is 13.0. The Bertz CT molecular complexity index is 1060. The van der Waals surface area contributed by atoms with Gasteiger partial charge in [0.1, 0.15) is 29.9 Å². The number of nitrogen functional groups attached to an aromatic ring is 1. The first-order valence-corrected chi connectivity index (χ1v) is 12.6. The standard InChI is InChI=1S/C20H26N6O6S2/c1-9(27)12-4-3-5-25(12)6-10-7-33-18-14(17(29)26(18)15(10)19(30)31)23-16(28)13(24-32-2)11-8-34-20(21)22-11/h8-9,12,14,18,27H,3-7H2,1-2H3,(H2,21,22)(H,23,28)(H,30,31)/b24-13-/t9?,12?,14?,18-/m0/s1. The normalized spacial score (nSPS) is 26.2. The van der Waals surface area contributed by atoms with Crippen LogP contribution in [0.25, 0.3) is 0 Å². The van der Waals surface area contributed by atoms with Gasteiger partial charge in [0, 0.05) is 23.7 Å². The molecule has 3 aliphatic heterocycles. The molecule has 0 bridgehead atoms. The minimum atomic E-state index is -1.19. The molecule has 2 saturated heterocycles. The van der Waals surface area contributed by atoms with E-state index in [0.717, 1.165) is 30.7 Å². The van der Waals surface area contributed by atoms with Crippen LogP contribution in [0.3, 0.4) is 0 Å². The lowest BCUT2D eigenvalue weighted by atomic mass is 10.0. The number of fused-ring (bicyclic) bond motifs is 1. The molecule has 2 fully saturated rings. The molecule has 3 unspecified atom stereocenters. The molecule has 2 amide bonds. The number of carboxylic acid groups (broad SMARTS) is 1. The van der Waals surface area contributed by atoms with E-state index >= 15 is 0 Å². The molecule has 14 heteroatoms. The Morgan fingerprint density at radius 1 is 1.47 bits per heavy atom. The van der Waals surface area contributed by atoms with Crippen molar-refractivity contribution < 1.29 is 29.4 Å². The van der Waals surface area contributed by atoms with Crippen LogP contribution in [-0.4, -0.2) is 98.0 Å². The molecule has 34 heavy (non-hydrogen) atoms. The summed E-state index contributed by atoms with van der Waals surface area (Å²) in [5.41, 5.74) is 6.30. The van der Waals surface area contributed by atoms with E-state index in [2.05, 4.69) is 20.4 Å². The second kappa shape index (κ2) is 9.90. The van der Waals surface area contributed by atoms with Crippen molar-refractivity contribution in [1.82, 2.24) is 20.1 Å². The zero-order valence-electron chi connectivity index (χ0n) is 18.6. The molecular formula is C20H26N6O6S2. The van der Waals surface area contributed by atoms with E-state index in [1.54, 1.807) is 12.3 Å². The van der Waals surface area contributed by atoms with E-state index < -0.39 is 35.3 Å². The van der Waals surface area contributed by atoms with Gasteiger partial charge in [-0.3, -0.25) is 19.4 Å². The number of carboxylic acids is 1. The van der Waals surface area contributed by atoms with Crippen LogP contribution in [0, 0.1) is 0 Å². The molecule has 4 heterocycles. The number of thiazole rings is 1. The Kier molecular flexibility index (Phi) is 7.12. The van der Waals surface area contributed by atoms with E-state index in [0.29, 0.717) is 17.9 Å². The van der Waals surface area contributed by atoms with Crippen molar-refractivity contribution in [3.63, 3.8) is 0 Å². The van der Waals surface area contributed by atoms with Gasteiger partial charge >= 0.3 is 5.97 Å². The number of thioether (sulfide) groups is 1. The number of aliphatic hydroxyl groups excluding tert-OH is 1. The molecule has 0 aromatic carbocycles. The number of aliphatic carboxylic acids is 1. The number of aliphatic hydroxyl groups is 1. The second-order valence-corrected chi connectivity index (χ2v) is 10.2. The number of rotatable bonds is 8. The second-order valence-electron chi connectivity index (χ2n) is 8.23. The number of hydrogen-bond acceptors (Lipinski definition) is 11. The highest BCUT2D eigenvalue weighted by Crippen LogP contribution is 2.41. The molecule has 12 nitrogen and oxygen atoms in total. The number of amides is 2. The summed E-state index contributed by atoms with van der Waals surface area (Å²) in [6.45, 7) is 2.86. The highest BCUT2D eigenvalue weighted by molar-refractivity contribution is 8.00. The summed E-state index contributed by atoms with van der Waals surface area (Å²) in [6, 6.07) is -0.953. The highest BCUT2D eigenvalue weighted by atomic mass is 32.2. The number of carbonyl (C=O) groups is 3. The fourth-order valence-corrected chi connectivity index (χ4v) is 6.43. The van der Waals surface area contributed by atoms with Crippen molar-refractivity contribution in [3.8, 4) is 0 Å². The summed E-state index contributed by atoms with van der Waals surface area (Å²) >= 11 is 2.52. The molecule has 5 N–H and O–H groups in total. The Balaban J connectivity index is 1.50. The van der Waals surface area contributed by atoms with Gasteiger partial charge in [-0.05, 0) is 31.9 Å². The first kappa shape index (κ1) is 24.4. The molecule has 0 spiro atoms. The molecule has 0 radical (unpaired) electrons. The fraction of sp³-hybridized carbons (Fsp3) is 0.550. The number of oxime groups is 1. The minimum Gasteiger partial charge on any atom is -0.477 e. The summed E-state index contributed by atoms with van der Waals surface area (Å²) in [5, 5.41) is 27.5. The summed E-state index contributed by atoms with van der Waals surface area (Å²) < 4.78 is 0. The smallest absolute Gasteiger partial charge is 0.352 e. The summed E-state index contributed by atoms with van der Waals surface area (Å²) in [7, 11) is 1.28. The van der Waals surface area contributed by atoms with E-state index in [4.69, 9.17) is 10.6 Å². The maximum absolute atomic E-state index is 13.0. The number of carbonyl (C=O) groups excluding carboxylic acids is 2. The Hall–Kier alpha value is -2.68. The van der Waals surface area contributed by atoms with E-state index in [1.807, 2.05) is 0 Å². The third kappa shape index (κ3) is 4.50. The van der Waals surface area contributed by atoms with E-state index in [9.17, 15) is 24.6 Å². The van der Waals surface area contributed by atoms with Crippen LogP contribution in [-0.2, 0) is 19.2 Å². The van der Waals surface area contributed by atoms with Crippen molar-refractivity contribution in [3.05, 3.63) is 22.3 Å². The summed E-state index contributed by atoms with van der Waals surface area (Å²) in [4.78, 5) is 50.0. The van der Waals surface area contributed by atoms with Gasteiger partial charge in [0.15, 0.2) is 10.8 Å². The van der Waals surface area contributed by atoms with Crippen molar-refractivity contribution in [2.24, 2.45) is 5.16 Å². The predicted molar refractivity (Wildman–Crippen MR) is 126 cm³/mol.